The van der Waals surface area contributed by atoms with Crippen LogP contribution in [0.2, 0.25) is 0 Å². The molecule has 2 rings (SSSR count). The lowest BCUT2D eigenvalue weighted by molar-refractivity contribution is -0.143. The molecule has 1 heterocycles. The number of fused-ring (bicyclic) bond motifs is 1. The summed E-state index contributed by atoms with van der Waals surface area (Å²) in [5.41, 5.74) is -0.492. The number of carboxylic acid groups (broad SMARTS) is 1. The Balaban J connectivity index is 2.02. The van der Waals surface area contributed by atoms with Crippen molar-refractivity contribution in [2.75, 3.05) is 6.54 Å². The quantitative estimate of drug-likeness (QED) is 0.803. The first kappa shape index (κ1) is 15.1. The number of likely N-dealkylation sites (tertiary alicyclic amines) is 1. The minimum atomic E-state index is -0.702. The number of carboxylic acids is 1. The van der Waals surface area contributed by atoms with Gasteiger partial charge in [0.05, 0.1) is 5.92 Å². The van der Waals surface area contributed by atoms with Crippen molar-refractivity contribution in [2.45, 2.75) is 58.6 Å². The van der Waals surface area contributed by atoms with Crippen LogP contribution in [0.4, 0.5) is 4.79 Å². The summed E-state index contributed by atoms with van der Waals surface area (Å²) < 4.78 is 5.44. The number of rotatable bonds is 1. The fourth-order valence-corrected chi connectivity index (χ4v) is 3.57. The molecule has 20 heavy (non-hydrogen) atoms. The molecule has 0 radical (unpaired) electrons. The fraction of sp³-hybridized carbons (Fsp3) is 0.867. The van der Waals surface area contributed by atoms with Crippen molar-refractivity contribution in [2.24, 2.45) is 17.8 Å². The van der Waals surface area contributed by atoms with Gasteiger partial charge in [-0.3, -0.25) is 4.79 Å². The van der Waals surface area contributed by atoms with Crippen molar-refractivity contribution in [3.8, 4) is 0 Å². The minimum Gasteiger partial charge on any atom is -0.481 e. The van der Waals surface area contributed by atoms with Gasteiger partial charge in [0.1, 0.15) is 5.60 Å². The van der Waals surface area contributed by atoms with E-state index < -0.39 is 11.6 Å². The van der Waals surface area contributed by atoms with Crippen LogP contribution >= 0.6 is 0 Å². The molecular weight excluding hydrogens is 258 g/mol. The minimum absolute atomic E-state index is 0.143. The van der Waals surface area contributed by atoms with Gasteiger partial charge in [-0.1, -0.05) is 0 Å². The number of ether oxygens (including phenoxy) is 1. The van der Waals surface area contributed by atoms with Crippen molar-refractivity contribution >= 4 is 12.1 Å². The van der Waals surface area contributed by atoms with Crippen molar-refractivity contribution in [3.63, 3.8) is 0 Å². The van der Waals surface area contributed by atoms with E-state index in [2.05, 4.69) is 6.92 Å². The molecule has 2 fully saturated rings. The molecule has 5 heteroatoms. The summed E-state index contributed by atoms with van der Waals surface area (Å²) >= 11 is 0. The normalized spacial score (nSPS) is 33.7. The van der Waals surface area contributed by atoms with E-state index >= 15 is 0 Å². The molecule has 114 valence electrons. The molecule has 0 bridgehead atoms. The predicted molar refractivity (Wildman–Crippen MR) is 74.4 cm³/mol. The molecule has 2 aliphatic rings. The fourth-order valence-electron chi connectivity index (χ4n) is 3.57. The van der Waals surface area contributed by atoms with Gasteiger partial charge >= 0.3 is 12.1 Å². The first-order valence-corrected chi connectivity index (χ1v) is 7.41. The second-order valence-electron chi connectivity index (χ2n) is 7.15. The summed E-state index contributed by atoms with van der Waals surface area (Å²) in [6.45, 7) is 8.26. The molecule has 1 amide bonds. The van der Waals surface area contributed by atoms with E-state index in [-0.39, 0.29) is 18.1 Å². The van der Waals surface area contributed by atoms with Crippen LogP contribution in [-0.4, -0.2) is 40.3 Å². The van der Waals surface area contributed by atoms with Crippen molar-refractivity contribution in [1.82, 2.24) is 4.90 Å². The number of aliphatic carboxylic acids is 1. The van der Waals surface area contributed by atoms with Gasteiger partial charge in [-0.2, -0.15) is 0 Å². The molecular formula is C15H25NO4. The molecule has 0 aromatic heterocycles. The summed E-state index contributed by atoms with van der Waals surface area (Å²) in [6.07, 6.45) is 2.03. The summed E-state index contributed by atoms with van der Waals surface area (Å²) in [7, 11) is 0. The molecule has 1 saturated heterocycles. The topological polar surface area (TPSA) is 66.8 Å². The molecule has 1 saturated carbocycles. The number of nitrogens with zero attached hydrogens (tertiary/aromatic N) is 1. The van der Waals surface area contributed by atoms with E-state index in [1.165, 1.54) is 0 Å². The SMILES string of the molecule is CC1C2CCC(C(=O)O)CC2CN1C(=O)OC(C)(C)C. The third kappa shape index (κ3) is 3.07. The van der Waals surface area contributed by atoms with Crippen LogP contribution in [0, 0.1) is 17.8 Å². The molecule has 1 aliphatic heterocycles. The number of hydrogen-bond donors (Lipinski definition) is 1. The Bertz CT molecular complexity index is 401. The highest BCUT2D eigenvalue weighted by atomic mass is 16.6. The Labute approximate surface area is 120 Å². The molecule has 4 unspecified atom stereocenters. The third-order valence-corrected chi connectivity index (χ3v) is 4.56. The monoisotopic (exact) mass is 283 g/mol. The Morgan fingerprint density at radius 3 is 2.45 bits per heavy atom. The van der Waals surface area contributed by atoms with Gasteiger partial charge in [-0.05, 0) is 58.8 Å². The van der Waals surface area contributed by atoms with E-state index in [0.29, 0.717) is 24.8 Å². The standard InChI is InChI=1S/C15H25NO4/c1-9-12-6-5-10(13(17)18)7-11(12)8-16(9)14(19)20-15(2,3)4/h9-12H,5-8H2,1-4H3,(H,17,18). The lowest BCUT2D eigenvalue weighted by Gasteiger charge is -2.31. The van der Waals surface area contributed by atoms with Crippen molar-refractivity contribution in [1.29, 1.82) is 0 Å². The first-order valence-electron chi connectivity index (χ1n) is 7.41. The maximum atomic E-state index is 12.2. The largest absolute Gasteiger partial charge is 0.481 e. The zero-order valence-corrected chi connectivity index (χ0v) is 12.8. The van der Waals surface area contributed by atoms with Gasteiger partial charge in [0, 0.05) is 12.6 Å². The molecule has 0 aromatic rings. The summed E-state index contributed by atoms with van der Waals surface area (Å²) in [4.78, 5) is 25.1. The smallest absolute Gasteiger partial charge is 0.410 e. The van der Waals surface area contributed by atoms with Crippen molar-refractivity contribution in [3.05, 3.63) is 0 Å². The summed E-state index contributed by atoms with van der Waals surface area (Å²) in [5, 5.41) is 9.15. The summed E-state index contributed by atoms with van der Waals surface area (Å²) in [6, 6.07) is 0.143. The lowest BCUT2D eigenvalue weighted by Crippen LogP contribution is -2.40. The zero-order valence-electron chi connectivity index (χ0n) is 12.8. The van der Waals surface area contributed by atoms with Crippen LogP contribution in [0.15, 0.2) is 0 Å². The zero-order chi connectivity index (χ0) is 15.1. The van der Waals surface area contributed by atoms with E-state index in [9.17, 15) is 9.59 Å². The van der Waals surface area contributed by atoms with Crippen molar-refractivity contribution < 1.29 is 19.4 Å². The van der Waals surface area contributed by atoms with Crippen LogP contribution in [-0.2, 0) is 9.53 Å². The average Bonchev–Trinajstić information content (AvgIpc) is 2.64. The van der Waals surface area contributed by atoms with Gasteiger partial charge in [-0.25, -0.2) is 4.79 Å². The Morgan fingerprint density at radius 2 is 1.90 bits per heavy atom. The molecule has 5 nitrogen and oxygen atoms in total. The third-order valence-electron chi connectivity index (χ3n) is 4.56. The molecule has 0 spiro atoms. The second-order valence-corrected chi connectivity index (χ2v) is 7.15. The predicted octanol–water partition coefficient (Wildman–Crippen LogP) is 2.74. The van der Waals surface area contributed by atoms with Crippen LogP contribution in [0.3, 0.4) is 0 Å². The first-order chi connectivity index (χ1) is 9.19. The molecule has 1 N–H and O–H groups in total. The van der Waals surface area contributed by atoms with Crippen LogP contribution in [0.5, 0.6) is 0 Å². The Morgan fingerprint density at radius 1 is 1.25 bits per heavy atom. The number of amides is 1. The second kappa shape index (κ2) is 5.26. The van der Waals surface area contributed by atoms with Gasteiger partial charge < -0.3 is 14.7 Å². The van der Waals surface area contributed by atoms with Crippen LogP contribution in [0.25, 0.3) is 0 Å². The van der Waals surface area contributed by atoms with Crippen LogP contribution in [0.1, 0.15) is 47.0 Å². The van der Waals surface area contributed by atoms with E-state index in [0.717, 1.165) is 12.8 Å². The van der Waals surface area contributed by atoms with E-state index in [1.54, 1.807) is 4.90 Å². The maximum absolute atomic E-state index is 12.2. The highest BCUT2D eigenvalue weighted by Gasteiger charge is 2.46. The van der Waals surface area contributed by atoms with Crippen LogP contribution < -0.4 is 0 Å². The van der Waals surface area contributed by atoms with Gasteiger partial charge in [0.25, 0.3) is 0 Å². The Hall–Kier alpha value is -1.26. The molecule has 4 atom stereocenters. The number of carbonyl (C=O) groups excluding carboxylic acids is 1. The summed E-state index contributed by atoms with van der Waals surface area (Å²) in [5.74, 6) is -0.237. The highest BCUT2D eigenvalue weighted by molar-refractivity contribution is 5.71. The number of hydrogen-bond acceptors (Lipinski definition) is 3. The highest BCUT2D eigenvalue weighted by Crippen LogP contribution is 2.43. The van der Waals surface area contributed by atoms with Gasteiger partial charge in [0.15, 0.2) is 0 Å². The maximum Gasteiger partial charge on any atom is 0.410 e. The number of carbonyl (C=O) groups is 2. The Kier molecular flexibility index (Phi) is 3.98. The van der Waals surface area contributed by atoms with Gasteiger partial charge in [-0.15, -0.1) is 0 Å². The lowest BCUT2D eigenvalue weighted by atomic mass is 9.74. The molecule has 1 aliphatic carbocycles. The van der Waals surface area contributed by atoms with Gasteiger partial charge in [0.2, 0.25) is 0 Å². The molecule has 0 aromatic carbocycles. The van der Waals surface area contributed by atoms with E-state index in [4.69, 9.17) is 9.84 Å². The van der Waals surface area contributed by atoms with E-state index in [1.807, 2.05) is 20.8 Å². The average molecular weight is 283 g/mol.